The Bertz CT molecular complexity index is 469. The molecule has 0 bridgehead atoms. The molecule has 1 aromatic rings. The molecular weight excluding hydrogens is 280 g/mol. The first-order valence-electron chi connectivity index (χ1n) is 7.50. The van der Waals surface area contributed by atoms with Gasteiger partial charge in [-0.1, -0.05) is 30.3 Å². The molecule has 0 fully saturated rings. The number of benzene rings is 1. The number of hydrogen-bond acceptors (Lipinski definition) is 4. The summed E-state index contributed by atoms with van der Waals surface area (Å²) in [6, 6.07) is 9.30. The molecule has 0 aliphatic heterocycles. The molecular formula is C17H26N2O3. The molecule has 2 atom stereocenters. The summed E-state index contributed by atoms with van der Waals surface area (Å²) in [5.41, 5.74) is 0.732. The van der Waals surface area contributed by atoms with Gasteiger partial charge in [-0.15, -0.1) is 0 Å². The molecule has 5 heteroatoms. The molecule has 0 aliphatic carbocycles. The first-order chi connectivity index (χ1) is 10.3. The molecule has 22 heavy (non-hydrogen) atoms. The largest absolute Gasteiger partial charge is 0.371 e. The molecule has 122 valence electrons. The van der Waals surface area contributed by atoms with E-state index in [-0.39, 0.29) is 24.2 Å². The molecule has 0 aliphatic rings. The van der Waals surface area contributed by atoms with Crippen molar-refractivity contribution in [1.29, 1.82) is 0 Å². The summed E-state index contributed by atoms with van der Waals surface area (Å²) < 4.78 is 5.88. The number of rotatable bonds is 8. The third kappa shape index (κ3) is 6.83. The lowest BCUT2D eigenvalue weighted by Crippen LogP contribution is -2.52. The zero-order chi connectivity index (χ0) is 16.6. The lowest BCUT2D eigenvalue weighted by atomic mass is 10.1. The van der Waals surface area contributed by atoms with Crippen LogP contribution in [0.2, 0.25) is 0 Å². The highest BCUT2D eigenvalue weighted by Crippen LogP contribution is 2.13. The predicted molar refractivity (Wildman–Crippen MR) is 86.4 cm³/mol. The fourth-order valence-corrected chi connectivity index (χ4v) is 2.17. The number of carbonyl (C=O) groups excluding carboxylic acids is 2. The van der Waals surface area contributed by atoms with Crippen LogP contribution in [0.15, 0.2) is 30.3 Å². The van der Waals surface area contributed by atoms with Crippen LogP contribution in [0.25, 0.3) is 0 Å². The summed E-state index contributed by atoms with van der Waals surface area (Å²) in [7, 11) is 0. The minimum absolute atomic E-state index is 0.00455. The number of nitrogens with one attached hydrogen (secondary N) is 2. The van der Waals surface area contributed by atoms with Gasteiger partial charge >= 0.3 is 0 Å². The van der Waals surface area contributed by atoms with Gasteiger partial charge in [0.25, 0.3) is 0 Å². The van der Waals surface area contributed by atoms with Crippen molar-refractivity contribution in [3.63, 3.8) is 0 Å². The lowest BCUT2D eigenvalue weighted by molar-refractivity contribution is -0.132. The maximum atomic E-state index is 12.2. The van der Waals surface area contributed by atoms with E-state index < -0.39 is 6.04 Å². The van der Waals surface area contributed by atoms with E-state index in [9.17, 15) is 9.59 Å². The third-order valence-corrected chi connectivity index (χ3v) is 3.02. The Morgan fingerprint density at radius 1 is 1.27 bits per heavy atom. The number of hydrogen-bond donors (Lipinski definition) is 2. The van der Waals surface area contributed by atoms with E-state index >= 15 is 0 Å². The fourth-order valence-electron chi connectivity index (χ4n) is 2.17. The Morgan fingerprint density at radius 3 is 2.45 bits per heavy atom. The van der Waals surface area contributed by atoms with Gasteiger partial charge < -0.3 is 14.8 Å². The van der Waals surface area contributed by atoms with E-state index in [1.807, 2.05) is 58.0 Å². The smallest absolute Gasteiger partial charge is 0.240 e. The Morgan fingerprint density at radius 2 is 1.91 bits per heavy atom. The van der Waals surface area contributed by atoms with Crippen molar-refractivity contribution < 1.29 is 14.3 Å². The lowest BCUT2D eigenvalue weighted by Gasteiger charge is -2.30. The van der Waals surface area contributed by atoms with E-state index in [2.05, 4.69) is 10.6 Å². The van der Waals surface area contributed by atoms with Gasteiger partial charge in [-0.25, -0.2) is 0 Å². The van der Waals surface area contributed by atoms with Crippen LogP contribution in [0, 0.1) is 0 Å². The maximum absolute atomic E-state index is 12.2. The summed E-state index contributed by atoms with van der Waals surface area (Å²) in [6.45, 7) is 8.25. The molecule has 0 saturated carbocycles. The van der Waals surface area contributed by atoms with Crippen molar-refractivity contribution in [3.05, 3.63) is 35.9 Å². The number of aldehydes is 1. The molecule has 2 N–H and O–H groups in total. The molecule has 1 rings (SSSR count). The Kier molecular flexibility index (Phi) is 7.21. The van der Waals surface area contributed by atoms with Crippen molar-refractivity contribution in [2.24, 2.45) is 0 Å². The molecule has 0 heterocycles. The Balaban J connectivity index is 2.72. The highest BCUT2D eigenvalue weighted by atomic mass is 16.5. The highest BCUT2D eigenvalue weighted by molar-refractivity contribution is 5.84. The molecule has 0 aromatic heterocycles. The summed E-state index contributed by atoms with van der Waals surface area (Å²) in [5, 5.41) is 5.80. The van der Waals surface area contributed by atoms with Crippen LogP contribution < -0.4 is 10.6 Å². The van der Waals surface area contributed by atoms with E-state index in [1.165, 1.54) is 0 Å². The standard InChI is InChI=1S/C17H26N2O3/c1-13(22-17(2,3)4)15(16(21)18-10-11-20)19-12-14-8-6-5-7-9-14/h5-9,11,13,15,19H,10,12H2,1-4H3,(H,18,21). The quantitative estimate of drug-likeness (QED) is 0.717. The maximum Gasteiger partial charge on any atom is 0.240 e. The van der Waals surface area contributed by atoms with E-state index in [0.717, 1.165) is 5.56 Å². The van der Waals surface area contributed by atoms with Crippen LogP contribution in [0.5, 0.6) is 0 Å². The average Bonchev–Trinajstić information content (AvgIpc) is 2.44. The second-order valence-corrected chi connectivity index (χ2v) is 6.19. The van der Waals surface area contributed by atoms with Gasteiger partial charge in [-0.2, -0.15) is 0 Å². The Labute approximate surface area is 132 Å². The summed E-state index contributed by atoms with van der Waals surface area (Å²) in [6.07, 6.45) is 0.344. The zero-order valence-corrected chi connectivity index (χ0v) is 13.8. The second-order valence-electron chi connectivity index (χ2n) is 6.19. The molecule has 1 aromatic carbocycles. The minimum atomic E-state index is -0.528. The highest BCUT2D eigenvalue weighted by Gasteiger charge is 2.28. The normalized spacial score (nSPS) is 14.2. The van der Waals surface area contributed by atoms with Crippen molar-refractivity contribution >= 4 is 12.2 Å². The van der Waals surface area contributed by atoms with Crippen LogP contribution in [-0.2, 0) is 20.9 Å². The topological polar surface area (TPSA) is 67.4 Å². The van der Waals surface area contributed by atoms with Crippen molar-refractivity contribution in [1.82, 2.24) is 10.6 Å². The van der Waals surface area contributed by atoms with Crippen LogP contribution in [-0.4, -0.2) is 36.5 Å². The molecule has 1 amide bonds. The first kappa shape index (κ1) is 18.3. The van der Waals surface area contributed by atoms with Gasteiger partial charge in [0.05, 0.1) is 18.2 Å². The first-order valence-corrected chi connectivity index (χ1v) is 7.50. The Hall–Kier alpha value is -1.72. The van der Waals surface area contributed by atoms with Crippen LogP contribution in [0.4, 0.5) is 0 Å². The van der Waals surface area contributed by atoms with Gasteiger partial charge in [0.1, 0.15) is 12.3 Å². The second kappa shape index (κ2) is 8.66. The minimum Gasteiger partial charge on any atom is -0.371 e. The van der Waals surface area contributed by atoms with Crippen LogP contribution >= 0.6 is 0 Å². The third-order valence-electron chi connectivity index (χ3n) is 3.02. The molecule has 0 radical (unpaired) electrons. The monoisotopic (exact) mass is 306 g/mol. The molecule has 5 nitrogen and oxygen atoms in total. The molecule has 0 spiro atoms. The van der Waals surface area contributed by atoms with Crippen LogP contribution in [0.3, 0.4) is 0 Å². The SMILES string of the molecule is CC(OC(C)(C)C)C(NCc1ccccc1)C(=O)NCC=O. The van der Waals surface area contributed by atoms with Gasteiger partial charge in [0.2, 0.25) is 5.91 Å². The predicted octanol–water partition coefficient (Wildman–Crippen LogP) is 1.66. The van der Waals surface area contributed by atoms with E-state index in [0.29, 0.717) is 12.8 Å². The molecule has 0 saturated heterocycles. The van der Waals surface area contributed by atoms with Gasteiger partial charge in [-0.05, 0) is 33.3 Å². The fraction of sp³-hybridized carbons (Fsp3) is 0.529. The van der Waals surface area contributed by atoms with Crippen molar-refractivity contribution in [3.8, 4) is 0 Å². The van der Waals surface area contributed by atoms with Gasteiger partial charge in [0, 0.05) is 6.54 Å². The number of carbonyl (C=O) groups is 2. The summed E-state index contributed by atoms with van der Waals surface area (Å²) >= 11 is 0. The van der Waals surface area contributed by atoms with E-state index in [1.54, 1.807) is 0 Å². The van der Waals surface area contributed by atoms with Crippen molar-refractivity contribution in [2.45, 2.75) is 52.0 Å². The summed E-state index contributed by atoms with van der Waals surface area (Å²) in [4.78, 5) is 22.7. The van der Waals surface area contributed by atoms with Crippen molar-refractivity contribution in [2.75, 3.05) is 6.54 Å². The van der Waals surface area contributed by atoms with Crippen LogP contribution in [0.1, 0.15) is 33.3 Å². The summed E-state index contributed by atoms with van der Waals surface area (Å²) in [5.74, 6) is -0.236. The van der Waals surface area contributed by atoms with E-state index in [4.69, 9.17) is 4.74 Å². The van der Waals surface area contributed by atoms with Gasteiger partial charge in [-0.3, -0.25) is 10.1 Å². The number of amides is 1. The van der Waals surface area contributed by atoms with Gasteiger partial charge in [0.15, 0.2) is 0 Å². The number of ether oxygens (including phenoxy) is 1. The zero-order valence-electron chi connectivity index (χ0n) is 13.8. The average molecular weight is 306 g/mol. The molecule has 2 unspecified atom stereocenters.